The van der Waals surface area contributed by atoms with E-state index in [0.29, 0.717) is 17.9 Å². The van der Waals surface area contributed by atoms with E-state index in [9.17, 15) is 10.2 Å². The van der Waals surface area contributed by atoms with Gasteiger partial charge in [-0.15, -0.1) is 0 Å². The molecule has 4 aliphatic rings. The predicted octanol–water partition coefficient (Wildman–Crippen LogP) is 3.76. The van der Waals surface area contributed by atoms with Crippen LogP contribution in [0.2, 0.25) is 0 Å². The molecule has 0 aromatic heterocycles. The number of nitrogens with two attached hydrogens (primary N) is 1. The molecule has 166 valence electrons. The molecule has 4 nitrogen and oxygen atoms in total. The summed E-state index contributed by atoms with van der Waals surface area (Å²) in [7, 11) is 0. The molecule has 4 saturated carbocycles. The first-order chi connectivity index (χ1) is 13.8. The standard InChI is InChI=1S/C25H44N2O2/c1-16-22(26)14-21-23(29)20(10-12-24(16,21)2)25(3)11-9-19(28)13-17(25)15-27-18-7-5-4-6-8-18/h17-23,27-29H,1,4-15,26H2,2-3H3/t17-,19+,20?,21?,22?,23-,24-,25+/m1/s1. The summed E-state index contributed by atoms with van der Waals surface area (Å²) in [5.74, 6) is 0.958. The summed E-state index contributed by atoms with van der Waals surface area (Å²) in [6.45, 7) is 9.98. The van der Waals surface area contributed by atoms with Crippen LogP contribution in [0.1, 0.15) is 84.5 Å². The van der Waals surface area contributed by atoms with Gasteiger partial charge in [-0.05, 0) is 86.5 Å². The van der Waals surface area contributed by atoms with Gasteiger partial charge in [0.15, 0.2) is 0 Å². The summed E-state index contributed by atoms with van der Waals surface area (Å²) < 4.78 is 0. The molecule has 5 N–H and O–H groups in total. The Hall–Kier alpha value is -0.420. The molecule has 4 aliphatic carbocycles. The minimum Gasteiger partial charge on any atom is -0.393 e. The Kier molecular flexibility index (Phi) is 6.21. The van der Waals surface area contributed by atoms with E-state index < -0.39 is 0 Å². The monoisotopic (exact) mass is 404 g/mol. The van der Waals surface area contributed by atoms with Gasteiger partial charge in [0, 0.05) is 12.1 Å². The molecule has 0 aliphatic heterocycles. The molecule has 0 spiro atoms. The first-order valence-electron chi connectivity index (χ1n) is 12.3. The fraction of sp³-hybridized carbons (Fsp3) is 0.920. The summed E-state index contributed by atoms with van der Waals surface area (Å²) in [5.41, 5.74) is 7.59. The van der Waals surface area contributed by atoms with Crippen LogP contribution in [-0.2, 0) is 0 Å². The molecule has 0 amide bonds. The number of hydrogen-bond acceptors (Lipinski definition) is 4. The lowest BCUT2D eigenvalue weighted by atomic mass is 9.52. The minimum atomic E-state index is -0.309. The molecule has 0 aromatic carbocycles. The molecule has 4 heteroatoms. The Morgan fingerprint density at radius 1 is 1.00 bits per heavy atom. The Bertz CT molecular complexity index is 604. The van der Waals surface area contributed by atoms with Crippen LogP contribution >= 0.6 is 0 Å². The van der Waals surface area contributed by atoms with Crippen molar-refractivity contribution in [2.24, 2.45) is 34.3 Å². The SMILES string of the molecule is C=C1C(N)CC2[C@H](O)C([C@@]3(C)CC[C@H](O)C[C@@H]3CNC3CCCCC3)CC[C@]12C. The van der Waals surface area contributed by atoms with Gasteiger partial charge in [0.2, 0.25) is 0 Å². The normalized spacial score (nSPS) is 49.2. The zero-order valence-corrected chi connectivity index (χ0v) is 18.7. The van der Waals surface area contributed by atoms with Gasteiger partial charge in [-0.25, -0.2) is 0 Å². The molecule has 0 heterocycles. The molecular formula is C25H44N2O2. The molecule has 29 heavy (non-hydrogen) atoms. The molecule has 0 aromatic rings. The van der Waals surface area contributed by atoms with E-state index >= 15 is 0 Å². The maximum Gasteiger partial charge on any atom is 0.0610 e. The largest absolute Gasteiger partial charge is 0.393 e. The van der Waals surface area contributed by atoms with Crippen molar-refractivity contribution in [3.8, 4) is 0 Å². The molecule has 0 bridgehead atoms. The van der Waals surface area contributed by atoms with Crippen LogP contribution in [0.3, 0.4) is 0 Å². The highest BCUT2D eigenvalue weighted by Crippen LogP contribution is 2.60. The van der Waals surface area contributed by atoms with Crippen molar-refractivity contribution in [1.29, 1.82) is 0 Å². The van der Waals surface area contributed by atoms with E-state index in [2.05, 4.69) is 25.7 Å². The van der Waals surface area contributed by atoms with Crippen LogP contribution < -0.4 is 11.1 Å². The second kappa shape index (κ2) is 8.26. The third-order valence-corrected chi connectivity index (χ3v) is 9.92. The molecule has 8 atom stereocenters. The third-order valence-electron chi connectivity index (χ3n) is 9.92. The van der Waals surface area contributed by atoms with Crippen molar-refractivity contribution in [3.05, 3.63) is 12.2 Å². The molecule has 0 saturated heterocycles. The lowest BCUT2D eigenvalue weighted by molar-refractivity contribution is -0.118. The first kappa shape index (κ1) is 21.8. The van der Waals surface area contributed by atoms with E-state index in [1.807, 2.05) is 0 Å². The number of aliphatic hydroxyl groups excluding tert-OH is 2. The highest BCUT2D eigenvalue weighted by molar-refractivity contribution is 5.26. The lowest BCUT2D eigenvalue weighted by Gasteiger charge is -2.55. The van der Waals surface area contributed by atoms with Crippen molar-refractivity contribution in [2.45, 2.75) is 109 Å². The quantitative estimate of drug-likeness (QED) is 0.538. The summed E-state index contributed by atoms with van der Waals surface area (Å²) in [5, 5.41) is 25.9. The Balaban J connectivity index is 1.50. The highest BCUT2D eigenvalue weighted by Gasteiger charge is 2.58. The molecular weight excluding hydrogens is 360 g/mol. The van der Waals surface area contributed by atoms with Crippen LogP contribution in [0.5, 0.6) is 0 Å². The van der Waals surface area contributed by atoms with E-state index in [0.717, 1.165) is 50.6 Å². The number of rotatable bonds is 4. The summed E-state index contributed by atoms with van der Waals surface area (Å²) >= 11 is 0. The summed E-state index contributed by atoms with van der Waals surface area (Å²) in [6, 6.07) is 0.672. The van der Waals surface area contributed by atoms with Gasteiger partial charge < -0.3 is 21.3 Å². The van der Waals surface area contributed by atoms with Crippen molar-refractivity contribution in [3.63, 3.8) is 0 Å². The van der Waals surface area contributed by atoms with Gasteiger partial charge in [-0.1, -0.05) is 45.3 Å². The number of hydrogen-bond donors (Lipinski definition) is 4. The molecule has 4 rings (SSSR count). The van der Waals surface area contributed by atoms with Crippen LogP contribution in [0.25, 0.3) is 0 Å². The average molecular weight is 405 g/mol. The van der Waals surface area contributed by atoms with Gasteiger partial charge in [-0.2, -0.15) is 0 Å². The Morgan fingerprint density at radius 2 is 1.72 bits per heavy atom. The van der Waals surface area contributed by atoms with Crippen LogP contribution in [0, 0.1) is 28.6 Å². The smallest absolute Gasteiger partial charge is 0.0610 e. The second-order valence-electron chi connectivity index (χ2n) is 11.4. The van der Waals surface area contributed by atoms with Gasteiger partial charge in [-0.3, -0.25) is 0 Å². The minimum absolute atomic E-state index is 0.00425. The fourth-order valence-corrected chi connectivity index (χ4v) is 7.64. The van der Waals surface area contributed by atoms with Gasteiger partial charge in [0.05, 0.1) is 12.2 Å². The highest BCUT2D eigenvalue weighted by atomic mass is 16.3. The topological polar surface area (TPSA) is 78.5 Å². The van der Waals surface area contributed by atoms with Crippen LogP contribution in [-0.4, -0.2) is 41.0 Å². The molecule has 3 unspecified atom stereocenters. The van der Waals surface area contributed by atoms with Crippen molar-refractivity contribution >= 4 is 0 Å². The van der Waals surface area contributed by atoms with E-state index in [4.69, 9.17) is 5.73 Å². The number of fused-ring (bicyclic) bond motifs is 1. The second-order valence-corrected chi connectivity index (χ2v) is 11.4. The molecule has 0 radical (unpaired) electrons. The van der Waals surface area contributed by atoms with Crippen molar-refractivity contribution < 1.29 is 10.2 Å². The average Bonchev–Trinajstić information content (AvgIpc) is 2.94. The van der Waals surface area contributed by atoms with E-state index in [1.54, 1.807) is 0 Å². The van der Waals surface area contributed by atoms with E-state index in [-0.39, 0.29) is 35.0 Å². The van der Waals surface area contributed by atoms with Gasteiger partial charge in [0.25, 0.3) is 0 Å². The molecule has 4 fully saturated rings. The summed E-state index contributed by atoms with van der Waals surface area (Å²) in [6.07, 6.45) is 11.9. The number of aliphatic hydroxyl groups is 2. The fourth-order valence-electron chi connectivity index (χ4n) is 7.64. The maximum absolute atomic E-state index is 11.6. The third kappa shape index (κ3) is 3.84. The van der Waals surface area contributed by atoms with Crippen LogP contribution in [0.4, 0.5) is 0 Å². The van der Waals surface area contributed by atoms with Gasteiger partial charge in [0.1, 0.15) is 0 Å². The number of nitrogens with one attached hydrogen (secondary N) is 1. The Morgan fingerprint density at radius 3 is 2.45 bits per heavy atom. The van der Waals surface area contributed by atoms with E-state index in [1.165, 1.54) is 32.1 Å². The van der Waals surface area contributed by atoms with Crippen molar-refractivity contribution in [2.75, 3.05) is 6.54 Å². The zero-order chi connectivity index (χ0) is 20.8. The summed E-state index contributed by atoms with van der Waals surface area (Å²) in [4.78, 5) is 0. The predicted molar refractivity (Wildman–Crippen MR) is 118 cm³/mol. The van der Waals surface area contributed by atoms with Crippen LogP contribution in [0.15, 0.2) is 12.2 Å². The lowest BCUT2D eigenvalue weighted by Crippen LogP contribution is -2.54. The van der Waals surface area contributed by atoms with Gasteiger partial charge >= 0.3 is 0 Å². The first-order valence-corrected chi connectivity index (χ1v) is 12.3. The zero-order valence-electron chi connectivity index (χ0n) is 18.7. The Labute approximate surface area is 177 Å². The maximum atomic E-state index is 11.6. The van der Waals surface area contributed by atoms with Crippen molar-refractivity contribution in [1.82, 2.24) is 5.32 Å².